The van der Waals surface area contributed by atoms with Gasteiger partial charge in [-0.2, -0.15) is 0 Å². The quantitative estimate of drug-likeness (QED) is 0.629. The van der Waals surface area contributed by atoms with Crippen LogP contribution in [0, 0.1) is 10.1 Å². The van der Waals surface area contributed by atoms with Crippen molar-refractivity contribution in [2.75, 3.05) is 18.5 Å². The average molecular weight is 259 g/mol. The van der Waals surface area contributed by atoms with Crippen LogP contribution < -0.4 is 5.32 Å². The van der Waals surface area contributed by atoms with Gasteiger partial charge in [-0.05, 0) is 26.0 Å². The third kappa shape index (κ3) is 3.87. The van der Waals surface area contributed by atoms with Gasteiger partial charge in [0, 0.05) is 12.6 Å². The first-order chi connectivity index (χ1) is 8.06. The molecule has 0 saturated carbocycles. The lowest BCUT2D eigenvalue weighted by atomic mass is 10.2. The first-order valence-corrected chi connectivity index (χ1v) is 5.71. The normalized spacial score (nSPS) is 12.2. The van der Waals surface area contributed by atoms with E-state index >= 15 is 0 Å². The van der Waals surface area contributed by atoms with Crippen LogP contribution in [0.1, 0.15) is 13.8 Å². The Morgan fingerprint density at radius 3 is 2.88 bits per heavy atom. The number of hydrogen-bond donors (Lipinski definition) is 1. The predicted octanol–water partition coefficient (Wildman–Crippen LogP) is 3.09. The standard InChI is InChI=1S/C11H15ClN2O3/c1-3-17-7-8(2)13-10-6-4-5-9(12)11(10)14(15)16/h4-6,8,13H,3,7H2,1-2H3. The third-order valence-electron chi connectivity index (χ3n) is 2.14. The molecular weight excluding hydrogens is 244 g/mol. The van der Waals surface area contributed by atoms with Crippen LogP contribution in [0.2, 0.25) is 5.02 Å². The molecule has 0 bridgehead atoms. The highest BCUT2D eigenvalue weighted by molar-refractivity contribution is 6.33. The molecule has 0 heterocycles. The van der Waals surface area contributed by atoms with Gasteiger partial charge in [0.25, 0.3) is 0 Å². The van der Waals surface area contributed by atoms with Gasteiger partial charge in [-0.15, -0.1) is 0 Å². The molecule has 94 valence electrons. The monoisotopic (exact) mass is 258 g/mol. The third-order valence-corrected chi connectivity index (χ3v) is 2.45. The Morgan fingerprint density at radius 1 is 1.59 bits per heavy atom. The summed E-state index contributed by atoms with van der Waals surface area (Å²) in [7, 11) is 0. The highest BCUT2D eigenvalue weighted by Gasteiger charge is 2.19. The fourth-order valence-electron chi connectivity index (χ4n) is 1.42. The van der Waals surface area contributed by atoms with Gasteiger partial charge in [0.2, 0.25) is 0 Å². The molecule has 1 rings (SSSR count). The molecule has 0 amide bonds. The molecule has 0 radical (unpaired) electrons. The molecule has 0 saturated heterocycles. The van der Waals surface area contributed by atoms with Crippen molar-refractivity contribution >= 4 is 23.0 Å². The highest BCUT2D eigenvalue weighted by atomic mass is 35.5. The van der Waals surface area contributed by atoms with E-state index < -0.39 is 4.92 Å². The fourth-order valence-corrected chi connectivity index (χ4v) is 1.66. The number of rotatable bonds is 6. The second-order valence-corrected chi connectivity index (χ2v) is 4.01. The zero-order valence-electron chi connectivity index (χ0n) is 9.77. The van der Waals surface area contributed by atoms with E-state index in [1.54, 1.807) is 12.1 Å². The fraction of sp³-hybridized carbons (Fsp3) is 0.455. The van der Waals surface area contributed by atoms with E-state index in [1.807, 2.05) is 13.8 Å². The van der Waals surface area contributed by atoms with Crippen molar-refractivity contribution in [2.24, 2.45) is 0 Å². The Labute approximate surface area is 105 Å². The van der Waals surface area contributed by atoms with E-state index in [2.05, 4.69) is 5.32 Å². The van der Waals surface area contributed by atoms with E-state index in [-0.39, 0.29) is 16.8 Å². The maximum atomic E-state index is 10.9. The Kier molecular flexibility index (Phi) is 5.18. The summed E-state index contributed by atoms with van der Waals surface area (Å²) in [6.07, 6.45) is 0. The van der Waals surface area contributed by atoms with Crippen LogP contribution in [0.25, 0.3) is 0 Å². The predicted molar refractivity (Wildman–Crippen MR) is 67.7 cm³/mol. The molecule has 1 aromatic carbocycles. The summed E-state index contributed by atoms with van der Waals surface area (Å²) in [5, 5.41) is 14.0. The number of para-hydroxylation sites is 1. The molecule has 1 atom stereocenters. The molecule has 0 aliphatic heterocycles. The number of benzene rings is 1. The zero-order chi connectivity index (χ0) is 12.8. The summed E-state index contributed by atoms with van der Waals surface area (Å²) in [6.45, 7) is 4.89. The largest absolute Gasteiger partial charge is 0.380 e. The average Bonchev–Trinajstić information content (AvgIpc) is 2.25. The van der Waals surface area contributed by atoms with Gasteiger partial charge in [-0.3, -0.25) is 10.1 Å². The van der Waals surface area contributed by atoms with Crippen LogP contribution in [0.5, 0.6) is 0 Å². The molecule has 17 heavy (non-hydrogen) atoms. The summed E-state index contributed by atoms with van der Waals surface area (Å²) in [5.74, 6) is 0. The second kappa shape index (κ2) is 6.42. The minimum atomic E-state index is -0.488. The van der Waals surface area contributed by atoms with Gasteiger partial charge in [-0.25, -0.2) is 0 Å². The Balaban J connectivity index is 2.83. The van der Waals surface area contributed by atoms with Crippen LogP contribution in [0.3, 0.4) is 0 Å². The van der Waals surface area contributed by atoms with Crippen molar-refractivity contribution in [2.45, 2.75) is 19.9 Å². The first-order valence-electron chi connectivity index (χ1n) is 5.33. The Hall–Kier alpha value is -1.33. The van der Waals surface area contributed by atoms with Gasteiger partial charge in [0.1, 0.15) is 10.7 Å². The van der Waals surface area contributed by atoms with E-state index in [1.165, 1.54) is 6.07 Å². The molecule has 0 aromatic heterocycles. The van der Waals surface area contributed by atoms with E-state index in [4.69, 9.17) is 16.3 Å². The van der Waals surface area contributed by atoms with Gasteiger partial charge < -0.3 is 10.1 Å². The summed E-state index contributed by atoms with van der Waals surface area (Å²) in [6, 6.07) is 4.78. The Morgan fingerprint density at radius 2 is 2.29 bits per heavy atom. The molecule has 0 aliphatic carbocycles. The molecule has 1 unspecified atom stereocenters. The topological polar surface area (TPSA) is 64.4 Å². The number of nitrogens with one attached hydrogen (secondary N) is 1. The van der Waals surface area contributed by atoms with E-state index in [9.17, 15) is 10.1 Å². The molecule has 1 N–H and O–H groups in total. The van der Waals surface area contributed by atoms with Crippen molar-refractivity contribution in [3.05, 3.63) is 33.3 Å². The Bertz CT molecular complexity index is 398. The van der Waals surface area contributed by atoms with E-state index in [0.717, 1.165) is 0 Å². The van der Waals surface area contributed by atoms with Crippen LogP contribution >= 0.6 is 11.6 Å². The maximum absolute atomic E-state index is 10.9. The zero-order valence-corrected chi connectivity index (χ0v) is 10.5. The van der Waals surface area contributed by atoms with Crippen molar-refractivity contribution < 1.29 is 9.66 Å². The van der Waals surface area contributed by atoms with Gasteiger partial charge in [-0.1, -0.05) is 17.7 Å². The summed E-state index contributed by atoms with van der Waals surface area (Å²) in [5.41, 5.74) is 0.312. The molecule has 1 aromatic rings. The molecule has 0 aliphatic rings. The van der Waals surface area contributed by atoms with Gasteiger partial charge in [0.05, 0.1) is 11.5 Å². The van der Waals surface area contributed by atoms with Crippen molar-refractivity contribution in [1.82, 2.24) is 0 Å². The number of anilines is 1. The lowest BCUT2D eigenvalue weighted by Gasteiger charge is -2.15. The number of nitrogens with zero attached hydrogens (tertiary/aromatic N) is 1. The molecule has 0 fully saturated rings. The van der Waals surface area contributed by atoms with Crippen LogP contribution in [0.4, 0.5) is 11.4 Å². The van der Waals surface area contributed by atoms with Gasteiger partial charge in [0.15, 0.2) is 0 Å². The van der Waals surface area contributed by atoms with Crippen molar-refractivity contribution in [1.29, 1.82) is 0 Å². The molecule has 0 spiro atoms. The molecule has 6 heteroatoms. The minimum Gasteiger partial charge on any atom is -0.380 e. The number of halogens is 1. The van der Waals surface area contributed by atoms with E-state index in [0.29, 0.717) is 18.9 Å². The van der Waals surface area contributed by atoms with Gasteiger partial charge >= 0.3 is 5.69 Å². The number of nitro groups is 1. The molecule has 5 nitrogen and oxygen atoms in total. The van der Waals surface area contributed by atoms with Crippen molar-refractivity contribution in [3.63, 3.8) is 0 Å². The van der Waals surface area contributed by atoms with Crippen LogP contribution in [0.15, 0.2) is 18.2 Å². The smallest absolute Gasteiger partial charge is 0.310 e. The first kappa shape index (κ1) is 13.7. The van der Waals surface area contributed by atoms with Crippen LogP contribution in [-0.2, 0) is 4.74 Å². The maximum Gasteiger partial charge on any atom is 0.310 e. The summed E-state index contributed by atoms with van der Waals surface area (Å²) < 4.78 is 5.23. The van der Waals surface area contributed by atoms with Crippen LogP contribution in [-0.4, -0.2) is 24.2 Å². The lowest BCUT2D eigenvalue weighted by Crippen LogP contribution is -2.22. The van der Waals surface area contributed by atoms with Crippen molar-refractivity contribution in [3.8, 4) is 0 Å². The summed E-state index contributed by atoms with van der Waals surface area (Å²) >= 11 is 5.80. The SMILES string of the molecule is CCOCC(C)Nc1cccc(Cl)c1[N+](=O)[O-]. The highest BCUT2D eigenvalue weighted by Crippen LogP contribution is 2.32. The number of hydrogen-bond acceptors (Lipinski definition) is 4. The molecular formula is C11H15ClN2O3. The minimum absolute atomic E-state index is 0.0212. The summed E-state index contributed by atoms with van der Waals surface area (Å²) in [4.78, 5) is 10.4. The lowest BCUT2D eigenvalue weighted by molar-refractivity contribution is -0.383. The number of nitro benzene ring substituents is 1. The second-order valence-electron chi connectivity index (χ2n) is 3.60. The number of ether oxygens (including phenoxy) is 1.